The Labute approximate surface area is 185 Å². The first-order valence-corrected chi connectivity index (χ1v) is 10.5. The second-order valence-corrected chi connectivity index (χ2v) is 7.57. The van der Waals surface area contributed by atoms with E-state index in [0.717, 1.165) is 29.6 Å². The Morgan fingerprint density at radius 2 is 1.62 bits per heavy atom. The van der Waals surface area contributed by atoms with Crippen LogP contribution in [0.15, 0.2) is 78.0 Å². The molecule has 0 radical (unpaired) electrons. The first-order valence-electron chi connectivity index (χ1n) is 9.51. The number of ether oxygens (including phenoxy) is 1. The summed E-state index contributed by atoms with van der Waals surface area (Å²) in [5, 5.41) is 8.68. The van der Waals surface area contributed by atoms with Crippen molar-refractivity contribution in [2.75, 3.05) is 5.75 Å². The van der Waals surface area contributed by atoms with Crippen molar-refractivity contribution in [3.8, 4) is 11.4 Å². The van der Waals surface area contributed by atoms with Crippen LogP contribution < -0.4 is 4.74 Å². The lowest BCUT2D eigenvalue weighted by atomic mass is 10.1. The van der Waals surface area contributed by atoms with E-state index in [0.29, 0.717) is 11.0 Å². The zero-order valence-electron chi connectivity index (χ0n) is 16.5. The van der Waals surface area contributed by atoms with Crippen molar-refractivity contribution < 1.29 is 22.7 Å². The fourth-order valence-electron chi connectivity index (χ4n) is 2.91. The standard InChI is InChI=1S/C23H16F3N3O2S/c24-17-11-10-15(12-19(17)26)20(30)14-32-23-28-27-22(29(23)16-6-2-1-3-7-16)13-31-21-9-5-4-8-18(21)25/h1-12H,13-14H2. The Kier molecular flexibility index (Phi) is 6.55. The van der Waals surface area contributed by atoms with Crippen molar-refractivity contribution in [3.05, 3.63) is 102 Å². The monoisotopic (exact) mass is 455 g/mol. The smallest absolute Gasteiger partial charge is 0.196 e. The third-order valence-corrected chi connectivity index (χ3v) is 5.41. The van der Waals surface area contributed by atoms with Crippen molar-refractivity contribution in [2.24, 2.45) is 0 Å². The number of rotatable bonds is 8. The molecule has 0 aliphatic heterocycles. The fourth-order valence-corrected chi connectivity index (χ4v) is 3.78. The van der Waals surface area contributed by atoms with Gasteiger partial charge in [-0.15, -0.1) is 10.2 Å². The van der Waals surface area contributed by atoms with Crippen LogP contribution in [0.25, 0.3) is 5.69 Å². The van der Waals surface area contributed by atoms with Crippen LogP contribution in [-0.4, -0.2) is 26.3 Å². The Morgan fingerprint density at radius 1 is 0.875 bits per heavy atom. The molecule has 0 fully saturated rings. The van der Waals surface area contributed by atoms with Gasteiger partial charge in [0.25, 0.3) is 0 Å². The van der Waals surface area contributed by atoms with Crippen molar-refractivity contribution in [1.82, 2.24) is 14.8 Å². The van der Waals surface area contributed by atoms with Gasteiger partial charge < -0.3 is 4.74 Å². The van der Waals surface area contributed by atoms with Crippen molar-refractivity contribution in [3.63, 3.8) is 0 Å². The highest BCUT2D eigenvalue weighted by atomic mass is 32.2. The molecule has 5 nitrogen and oxygen atoms in total. The van der Waals surface area contributed by atoms with E-state index in [4.69, 9.17) is 4.74 Å². The molecule has 4 rings (SSSR count). The Balaban J connectivity index is 1.56. The van der Waals surface area contributed by atoms with Crippen LogP contribution in [0.4, 0.5) is 13.2 Å². The SMILES string of the molecule is O=C(CSc1nnc(COc2ccccc2F)n1-c1ccccc1)c1ccc(F)c(F)c1. The number of hydrogen-bond donors (Lipinski definition) is 0. The van der Waals surface area contributed by atoms with Crippen molar-refractivity contribution in [2.45, 2.75) is 11.8 Å². The molecule has 162 valence electrons. The molecule has 0 aliphatic carbocycles. The van der Waals surface area contributed by atoms with Gasteiger partial charge in [0.2, 0.25) is 0 Å². The lowest BCUT2D eigenvalue weighted by Crippen LogP contribution is -2.08. The van der Waals surface area contributed by atoms with E-state index in [-0.39, 0.29) is 29.5 Å². The highest BCUT2D eigenvalue weighted by Crippen LogP contribution is 2.25. The number of ketones is 1. The fraction of sp³-hybridized carbons (Fsp3) is 0.0870. The van der Waals surface area contributed by atoms with Gasteiger partial charge in [0, 0.05) is 11.3 Å². The quantitative estimate of drug-likeness (QED) is 0.269. The van der Waals surface area contributed by atoms with Crippen LogP contribution in [-0.2, 0) is 6.61 Å². The molecular formula is C23H16F3N3O2S. The van der Waals surface area contributed by atoms with Gasteiger partial charge >= 0.3 is 0 Å². The minimum atomic E-state index is -1.08. The van der Waals surface area contributed by atoms with E-state index in [2.05, 4.69) is 10.2 Å². The van der Waals surface area contributed by atoms with E-state index < -0.39 is 17.5 Å². The number of para-hydroxylation sites is 2. The molecule has 0 amide bonds. The Bertz CT molecular complexity index is 1250. The summed E-state index contributed by atoms with van der Waals surface area (Å²) in [5.41, 5.74) is 0.790. The molecule has 3 aromatic carbocycles. The molecule has 0 unspecified atom stereocenters. The average molecular weight is 455 g/mol. The number of nitrogens with zero attached hydrogens (tertiary/aromatic N) is 3. The third kappa shape index (κ3) is 4.83. The number of carbonyl (C=O) groups excluding carboxylic acids is 1. The summed E-state index contributed by atoms with van der Waals surface area (Å²) in [6, 6.07) is 18.2. The van der Waals surface area contributed by atoms with Crippen molar-refractivity contribution >= 4 is 17.5 Å². The maximum Gasteiger partial charge on any atom is 0.196 e. The van der Waals surface area contributed by atoms with E-state index in [1.54, 1.807) is 16.7 Å². The highest BCUT2D eigenvalue weighted by Gasteiger charge is 2.18. The predicted octanol–water partition coefficient (Wildman–Crippen LogP) is 5.24. The van der Waals surface area contributed by atoms with E-state index >= 15 is 0 Å². The van der Waals surface area contributed by atoms with Crippen LogP contribution in [0.1, 0.15) is 16.2 Å². The number of hydrogen-bond acceptors (Lipinski definition) is 5. The predicted molar refractivity (Wildman–Crippen MR) is 114 cm³/mol. The molecular weight excluding hydrogens is 439 g/mol. The first-order chi connectivity index (χ1) is 15.5. The minimum absolute atomic E-state index is 0.0551. The minimum Gasteiger partial charge on any atom is -0.483 e. The molecule has 4 aromatic rings. The van der Waals surface area contributed by atoms with E-state index in [1.165, 1.54) is 18.2 Å². The summed E-state index contributed by atoms with van der Waals surface area (Å²) in [6.07, 6.45) is 0. The number of carbonyl (C=O) groups is 1. The lowest BCUT2D eigenvalue weighted by molar-refractivity contribution is 0.102. The second-order valence-electron chi connectivity index (χ2n) is 6.63. The molecule has 0 saturated heterocycles. The van der Waals surface area contributed by atoms with Gasteiger partial charge in [0.1, 0.15) is 6.61 Å². The van der Waals surface area contributed by atoms with Gasteiger partial charge in [0.05, 0.1) is 5.75 Å². The number of halogens is 3. The molecule has 0 spiro atoms. The second kappa shape index (κ2) is 9.69. The summed E-state index contributed by atoms with van der Waals surface area (Å²) in [7, 11) is 0. The Morgan fingerprint density at radius 3 is 2.38 bits per heavy atom. The first kappa shape index (κ1) is 21.6. The van der Waals surface area contributed by atoms with Gasteiger partial charge in [-0.05, 0) is 42.5 Å². The van der Waals surface area contributed by atoms with Gasteiger partial charge in [-0.2, -0.15) is 0 Å². The zero-order chi connectivity index (χ0) is 22.5. The summed E-state index contributed by atoms with van der Waals surface area (Å²) >= 11 is 1.09. The molecule has 0 atom stereocenters. The number of Topliss-reactive ketones (excluding diaryl/α,β-unsaturated/α-hetero) is 1. The van der Waals surface area contributed by atoms with Crippen LogP contribution in [0, 0.1) is 17.5 Å². The third-order valence-electron chi connectivity index (χ3n) is 4.48. The van der Waals surface area contributed by atoms with Crippen LogP contribution in [0.2, 0.25) is 0 Å². The topological polar surface area (TPSA) is 57.0 Å². The summed E-state index contributed by atoms with van der Waals surface area (Å²) < 4.78 is 47.7. The number of aromatic nitrogens is 3. The molecule has 1 heterocycles. The summed E-state index contributed by atoms with van der Waals surface area (Å²) in [4.78, 5) is 12.5. The molecule has 32 heavy (non-hydrogen) atoms. The molecule has 9 heteroatoms. The molecule has 1 aromatic heterocycles. The normalized spacial score (nSPS) is 10.8. The summed E-state index contributed by atoms with van der Waals surface area (Å²) in [6.45, 7) is -0.0551. The average Bonchev–Trinajstić information content (AvgIpc) is 3.22. The Hall–Kier alpha value is -3.59. The van der Waals surface area contributed by atoms with Crippen molar-refractivity contribution in [1.29, 1.82) is 0 Å². The number of benzene rings is 3. The van der Waals surface area contributed by atoms with Gasteiger partial charge in [-0.25, -0.2) is 13.2 Å². The van der Waals surface area contributed by atoms with E-state index in [9.17, 15) is 18.0 Å². The van der Waals surface area contributed by atoms with Crippen LogP contribution in [0.3, 0.4) is 0 Å². The zero-order valence-corrected chi connectivity index (χ0v) is 17.4. The highest BCUT2D eigenvalue weighted by molar-refractivity contribution is 7.99. The molecule has 0 bridgehead atoms. The number of thioether (sulfide) groups is 1. The molecule has 0 aliphatic rings. The van der Waals surface area contributed by atoms with Gasteiger partial charge in [-0.3, -0.25) is 9.36 Å². The largest absolute Gasteiger partial charge is 0.483 e. The van der Waals surface area contributed by atoms with Crippen LogP contribution >= 0.6 is 11.8 Å². The maximum absolute atomic E-state index is 13.9. The van der Waals surface area contributed by atoms with Gasteiger partial charge in [-0.1, -0.05) is 42.1 Å². The van der Waals surface area contributed by atoms with E-state index in [1.807, 2.05) is 30.3 Å². The maximum atomic E-state index is 13.9. The van der Waals surface area contributed by atoms with Crippen LogP contribution in [0.5, 0.6) is 5.75 Å². The summed E-state index contributed by atoms with van der Waals surface area (Å²) in [5.74, 6) is -2.56. The molecule has 0 N–H and O–H groups in total. The van der Waals surface area contributed by atoms with Gasteiger partial charge in [0.15, 0.2) is 40.0 Å². The molecule has 0 saturated carbocycles. The lowest BCUT2D eigenvalue weighted by Gasteiger charge is -2.11.